The molecule has 4 atom stereocenters. The van der Waals surface area contributed by atoms with E-state index in [2.05, 4.69) is 22.5 Å². The van der Waals surface area contributed by atoms with Crippen LogP contribution in [-0.4, -0.2) is 48.6 Å². The minimum absolute atomic E-state index is 0.258. The Kier molecular flexibility index (Phi) is 4.61. The summed E-state index contributed by atoms with van der Waals surface area (Å²) in [4.78, 5) is 14.9. The standard InChI is InChI=1S/C16H29N3O/c1-12-5-4-8-17-14(12)11-16(20)18-13-7-10-19-9-3-2-6-15(13)19/h12-15,17H,2-11H2,1H3,(H,18,20). The first kappa shape index (κ1) is 14.3. The van der Waals surface area contributed by atoms with Crippen LogP contribution in [0, 0.1) is 5.92 Å². The molecular formula is C16H29N3O. The summed E-state index contributed by atoms with van der Waals surface area (Å²) < 4.78 is 0. The maximum absolute atomic E-state index is 12.3. The molecule has 0 saturated carbocycles. The lowest BCUT2D eigenvalue weighted by atomic mass is 9.90. The zero-order valence-electron chi connectivity index (χ0n) is 12.7. The second-order valence-electron chi connectivity index (χ2n) is 6.95. The quantitative estimate of drug-likeness (QED) is 0.823. The molecule has 0 bridgehead atoms. The largest absolute Gasteiger partial charge is 0.352 e. The van der Waals surface area contributed by atoms with E-state index >= 15 is 0 Å². The van der Waals surface area contributed by atoms with Crippen molar-refractivity contribution < 1.29 is 4.79 Å². The first-order chi connectivity index (χ1) is 9.74. The van der Waals surface area contributed by atoms with Crippen molar-refractivity contribution in [2.45, 2.75) is 70.0 Å². The average Bonchev–Trinajstić information content (AvgIpc) is 2.85. The van der Waals surface area contributed by atoms with Crippen LogP contribution in [0.4, 0.5) is 0 Å². The molecule has 0 radical (unpaired) electrons. The van der Waals surface area contributed by atoms with E-state index in [9.17, 15) is 4.79 Å². The van der Waals surface area contributed by atoms with Gasteiger partial charge in [-0.1, -0.05) is 13.3 Å². The number of fused-ring (bicyclic) bond motifs is 1. The van der Waals surface area contributed by atoms with E-state index in [4.69, 9.17) is 0 Å². The first-order valence-electron chi connectivity index (χ1n) is 8.51. The van der Waals surface area contributed by atoms with Crippen molar-refractivity contribution in [1.29, 1.82) is 0 Å². The molecule has 2 N–H and O–H groups in total. The highest BCUT2D eigenvalue weighted by molar-refractivity contribution is 5.77. The predicted octanol–water partition coefficient (Wildman–Crippen LogP) is 1.51. The molecule has 4 unspecified atom stereocenters. The van der Waals surface area contributed by atoms with E-state index in [0.29, 0.717) is 30.5 Å². The first-order valence-corrected chi connectivity index (χ1v) is 8.51. The van der Waals surface area contributed by atoms with Gasteiger partial charge in [0.1, 0.15) is 0 Å². The Bertz CT molecular complexity index is 347. The summed E-state index contributed by atoms with van der Waals surface area (Å²) in [6, 6.07) is 1.40. The van der Waals surface area contributed by atoms with Gasteiger partial charge in [-0.15, -0.1) is 0 Å². The van der Waals surface area contributed by atoms with E-state index in [1.165, 1.54) is 45.2 Å². The third-order valence-corrected chi connectivity index (χ3v) is 5.54. The lowest BCUT2D eigenvalue weighted by Crippen LogP contribution is -2.49. The van der Waals surface area contributed by atoms with Crippen LogP contribution in [0.1, 0.15) is 51.9 Å². The molecular weight excluding hydrogens is 250 g/mol. The van der Waals surface area contributed by atoms with Crippen LogP contribution < -0.4 is 10.6 Å². The highest BCUT2D eigenvalue weighted by Gasteiger charge is 2.36. The molecule has 0 spiro atoms. The SMILES string of the molecule is CC1CCCNC1CC(=O)NC1CCN2CCCCC12. The molecule has 3 rings (SSSR count). The molecule has 3 heterocycles. The number of carbonyl (C=O) groups is 1. The Morgan fingerprint density at radius 1 is 1.20 bits per heavy atom. The predicted molar refractivity (Wildman–Crippen MR) is 80.6 cm³/mol. The fourth-order valence-electron chi connectivity index (χ4n) is 4.27. The average molecular weight is 279 g/mol. The third-order valence-electron chi connectivity index (χ3n) is 5.54. The fourth-order valence-corrected chi connectivity index (χ4v) is 4.27. The van der Waals surface area contributed by atoms with Crippen LogP contribution in [0.5, 0.6) is 0 Å². The number of nitrogens with zero attached hydrogens (tertiary/aromatic N) is 1. The number of amides is 1. The number of hydrogen-bond donors (Lipinski definition) is 2. The second kappa shape index (κ2) is 6.44. The molecule has 3 aliphatic heterocycles. The van der Waals surface area contributed by atoms with Gasteiger partial charge < -0.3 is 10.6 Å². The van der Waals surface area contributed by atoms with Gasteiger partial charge >= 0.3 is 0 Å². The number of nitrogens with one attached hydrogen (secondary N) is 2. The van der Waals surface area contributed by atoms with Crippen LogP contribution in [0.3, 0.4) is 0 Å². The van der Waals surface area contributed by atoms with Crippen molar-refractivity contribution in [1.82, 2.24) is 15.5 Å². The molecule has 4 nitrogen and oxygen atoms in total. The van der Waals surface area contributed by atoms with E-state index < -0.39 is 0 Å². The van der Waals surface area contributed by atoms with Crippen LogP contribution >= 0.6 is 0 Å². The molecule has 3 aliphatic rings. The summed E-state index contributed by atoms with van der Waals surface area (Å²) in [5, 5.41) is 6.84. The molecule has 0 aliphatic carbocycles. The van der Waals surface area contributed by atoms with Crippen LogP contribution in [0.15, 0.2) is 0 Å². The molecule has 1 amide bonds. The van der Waals surface area contributed by atoms with Crippen molar-refractivity contribution in [3.63, 3.8) is 0 Å². The Balaban J connectivity index is 1.48. The fraction of sp³-hybridized carbons (Fsp3) is 0.938. The van der Waals surface area contributed by atoms with Crippen molar-refractivity contribution in [3.8, 4) is 0 Å². The number of piperidine rings is 2. The monoisotopic (exact) mass is 279 g/mol. The lowest BCUT2D eigenvalue weighted by molar-refractivity contribution is -0.122. The van der Waals surface area contributed by atoms with Gasteiger partial charge in [-0.25, -0.2) is 0 Å². The van der Waals surface area contributed by atoms with Crippen molar-refractivity contribution in [2.24, 2.45) is 5.92 Å². The molecule has 3 fully saturated rings. The maximum Gasteiger partial charge on any atom is 0.221 e. The van der Waals surface area contributed by atoms with Gasteiger partial charge in [0.15, 0.2) is 0 Å². The zero-order valence-corrected chi connectivity index (χ0v) is 12.7. The molecule has 3 saturated heterocycles. The number of rotatable bonds is 3. The maximum atomic E-state index is 12.3. The summed E-state index contributed by atoms with van der Waals surface area (Å²) in [5.41, 5.74) is 0. The van der Waals surface area contributed by atoms with Crippen molar-refractivity contribution in [2.75, 3.05) is 19.6 Å². The normalized spacial score (nSPS) is 38.5. The summed E-state index contributed by atoms with van der Waals surface area (Å²) in [7, 11) is 0. The third kappa shape index (κ3) is 3.17. The van der Waals surface area contributed by atoms with Crippen LogP contribution in [0.25, 0.3) is 0 Å². The van der Waals surface area contributed by atoms with Gasteiger partial charge in [0, 0.05) is 31.1 Å². The molecule has 114 valence electrons. The zero-order chi connectivity index (χ0) is 13.9. The van der Waals surface area contributed by atoms with Gasteiger partial charge in [0.25, 0.3) is 0 Å². The van der Waals surface area contributed by atoms with Gasteiger partial charge in [-0.2, -0.15) is 0 Å². The minimum Gasteiger partial charge on any atom is -0.352 e. The molecule has 0 aromatic heterocycles. The van der Waals surface area contributed by atoms with Gasteiger partial charge in [-0.05, 0) is 51.1 Å². The van der Waals surface area contributed by atoms with Gasteiger partial charge in [0.05, 0.1) is 0 Å². The summed E-state index contributed by atoms with van der Waals surface area (Å²) >= 11 is 0. The van der Waals surface area contributed by atoms with Crippen molar-refractivity contribution in [3.05, 3.63) is 0 Å². The van der Waals surface area contributed by atoms with Crippen LogP contribution in [-0.2, 0) is 4.79 Å². The highest BCUT2D eigenvalue weighted by atomic mass is 16.1. The topological polar surface area (TPSA) is 44.4 Å². The number of carbonyl (C=O) groups excluding carboxylic acids is 1. The van der Waals surface area contributed by atoms with Crippen LogP contribution in [0.2, 0.25) is 0 Å². The van der Waals surface area contributed by atoms with E-state index in [1.54, 1.807) is 0 Å². The van der Waals surface area contributed by atoms with E-state index in [-0.39, 0.29) is 5.91 Å². The number of hydrogen-bond acceptors (Lipinski definition) is 3. The molecule has 0 aromatic carbocycles. The van der Waals surface area contributed by atoms with E-state index in [0.717, 1.165) is 13.0 Å². The summed E-state index contributed by atoms with van der Waals surface area (Å²) in [5.74, 6) is 0.887. The molecule has 0 aromatic rings. The lowest BCUT2D eigenvalue weighted by Gasteiger charge is -2.33. The Morgan fingerprint density at radius 3 is 2.95 bits per heavy atom. The van der Waals surface area contributed by atoms with E-state index in [1.807, 2.05) is 0 Å². The van der Waals surface area contributed by atoms with Gasteiger partial charge in [-0.3, -0.25) is 9.69 Å². The van der Waals surface area contributed by atoms with Gasteiger partial charge in [0.2, 0.25) is 5.91 Å². The Hall–Kier alpha value is -0.610. The molecule has 20 heavy (non-hydrogen) atoms. The van der Waals surface area contributed by atoms with Crippen molar-refractivity contribution >= 4 is 5.91 Å². The minimum atomic E-state index is 0.258. The second-order valence-corrected chi connectivity index (χ2v) is 6.95. The Morgan fingerprint density at radius 2 is 2.10 bits per heavy atom. The Labute approximate surface area is 122 Å². The highest BCUT2D eigenvalue weighted by Crippen LogP contribution is 2.27. The molecule has 4 heteroatoms. The smallest absolute Gasteiger partial charge is 0.221 e. The summed E-state index contributed by atoms with van der Waals surface area (Å²) in [6.45, 7) is 5.75. The summed E-state index contributed by atoms with van der Waals surface area (Å²) in [6.07, 6.45) is 8.23.